The summed E-state index contributed by atoms with van der Waals surface area (Å²) in [7, 11) is 5.50. The van der Waals surface area contributed by atoms with Crippen LogP contribution in [-0.2, 0) is 6.54 Å². The fourth-order valence-corrected chi connectivity index (χ4v) is 0.805. The van der Waals surface area contributed by atoms with Crippen LogP contribution in [0.1, 0.15) is 5.56 Å². The van der Waals surface area contributed by atoms with Gasteiger partial charge in [-0.25, -0.2) is 0 Å². The molecule has 1 rings (SSSR count). The van der Waals surface area contributed by atoms with Gasteiger partial charge in [0.25, 0.3) is 0 Å². The average molecular weight is 143 g/mol. The third-order valence-corrected chi connectivity index (χ3v) is 1.27. The Kier molecular flexibility index (Phi) is 2.58. The van der Waals surface area contributed by atoms with E-state index < -0.39 is 0 Å². The molecule has 0 aliphatic heterocycles. The molecule has 0 spiro atoms. The Morgan fingerprint density at radius 3 is 3.00 bits per heavy atom. The minimum absolute atomic E-state index is 0.363. The summed E-state index contributed by atoms with van der Waals surface area (Å²) in [6.45, 7) is 0.363. The second kappa shape index (κ2) is 3.69. The highest BCUT2D eigenvalue weighted by molar-refractivity contribution is 6.32. The number of azide groups is 1. The lowest BCUT2D eigenvalue weighted by molar-refractivity contribution is 1.05. The van der Waals surface area contributed by atoms with Crippen LogP contribution in [0.4, 0.5) is 0 Å². The molecule has 0 amide bonds. The summed E-state index contributed by atoms with van der Waals surface area (Å²) in [6.07, 6.45) is 0. The Morgan fingerprint density at radius 1 is 1.55 bits per heavy atom. The Labute approximate surface area is 66.1 Å². The van der Waals surface area contributed by atoms with Gasteiger partial charge in [-0.15, -0.1) is 0 Å². The third kappa shape index (κ3) is 2.36. The summed E-state index contributed by atoms with van der Waals surface area (Å²) in [5.74, 6) is 0. The van der Waals surface area contributed by atoms with Crippen LogP contribution in [0.15, 0.2) is 29.4 Å². The van der Waals surface area contributed by atoms with E-state index in [-0.39, 0.29) is 0 Å². The Balaban J connectivity index is 2.79. The number of hydrogen-bond acceptors (Lipinski definition) is 1. The fourth-order valence-electron chi connectivity index (χ4n) is 0.805. The molecule has 1 aromatic carbocycles. The van der Waals surface area contributed by atoms with Gasteiger partial charge >= 0.3 is 0 Å². The van der Waals surface area contributed by atoms with Crippen molar-refractivity contribution in [1.82, 2.24) is 0 Å². The van der Waals surface area contributed by atoms with Crippen LogP contribution in [0.5, 0.6) is 0 Å². The van der Waals surface area contributed by atoms with Crippen molar-refractivity contribution in [3.8, 4) is 0 Å². The standard InChI is InChI=1S/C7H6BN3/c8-7-3-1-2-6(4-7)5-10-11-9/h1-4H,5H2. The number of benzene rings is 1. The van der Waals surface area contributed by atoms with Crippen LogP contribution < -0.4 is 5.46 Å². The van der Waals surface area contributed by atoms with E-state index in [1.54, 1.807) is 12.1 Å². The minimum atomic E-state index is 0.363. The maximum atomic E-state index is 8.02. The molecule has 52 valence electrons. The highest BCUT2D eigenvalue weighted by atomic mass is 15.1. The van der Waals surface area contributed by atoms with E-state index >= 15 is 0 Å². The fraction of sp³-hybridized carbons (Fsp3) is 0.143. The van der Waals surface area contributed by atoms with Crippen molar-refractivity contribution in [3.63, 3.8) is 0 Å². The van der Waals surface area contributed by atoms with Crippen LogP contribution in [0.25, 0.3) is 10.4 Å². The van der Waals surface area contributed by atoms with Crippen molar-refractivity contribution >= 4 is 13.3 Å². The lowest BCUT2D eigenvalue weighted by Gasteiger charge is -1.95. The van der Waals surface area contributed by atoms with Gasteiger partial charge in [-0.05, 0) is 11.1 Å². The van der Waals surface area contributed by atoms with E-state index in [4.69, 9.17) is 13.4 Å². The van der Waals surface area contributed by atoms with Gasteiger partial charge in [0, 0.05) is 4.91 Å². The molecule has 0 aliphatic rings. The molecule has 0 bridgehead atoms. The van der Waals surface area contributed by atoms with E-state index in [2.05, 4.69) is 10.0 Å². The molecule has 0 N–H and O–H groups in total. The van der Waals surface area contributed by atoms with Gasteiger partial charge in [-0.2, -0.15) is 0 Å². The zero-order valence-corrected chi connectivity index (χ0v) is 5.94. The monoisotopic (exact) mass is 143 g/mol. The second-order valence-electron chi connectivity index (χ2n) is 2.13. The van der Waals surface area contributed by atoms with Gasteiger partial charge in [-0.1, -0.05) is 34.8 Å². The maximum Gasteiger partial charge on any atom is 0.113 e. The quantitative estimate of drug-likeness (QED) is 0.259. The Morgan fingerprint density at radius 2 is 2.36 bits per heavy atom. The van der Waals surface area contributed by atoms with Crippen LogP contribution in [-0.4, -0.2) is 7.85 Å². The normalized spacial score (nSPS) is 8.73. The van der Waals surface area contributed by atoms with Crippen molar-refractivity contribution in [2.24, 2.45) is 5.11 Å². The first-order valence-electron chi connectivity index (χ1n) is 3.18. The number of hydrogen-bond donors (Lipinski definition) is 0. The lowest BCUT2D eigenvalue weighted by Crippen LogP contribution is -2.01. The molecular weight excluding hydrogens is 137 g/mol. The highest BCUT2D eigenvalue weighted by Gasteiger charge is 1.88. The van der Waals surface area contributed by atoms with Gasteiger partial charge in [0.2, 0.25) is 0 Å². The van der Waals surface area contributed by atoms with Gasteiger partial charge in [0.05, 0.1) is 6.54 Å². The first-order chi connectivity index (χ1) is 5.33. The van der Waals surface area contributed by atoms with E-state index in [0.717, 1.165) is 5.56 Å². The zero-order chi connectivity index (χ0) is 8.10. The Bertz CT molecular complexity index is 291. The predicted octanol–water partition coefficient (Wildman–Crippen LogP) is 1.29. The molecule has 0 saturated carbocycles. The van der Waals surface area contributed by atoms with E-state index in [9.17, 15) is 0 Å². The molecule has 1 aromatic rings. The molecule has 2 radical (unpaired) electrons. The highest BCUT2D eigenvalue weighted by Crippen LogP contribution is 1.97. The summed E-state index contributed by atoms with van der Waals surface area (Å²) < 4.78 is 0. The first kappa shape index (κ1) is 7.70. The molecule has 3 nitrogen and oxygen atoms in total. The van der Waals surface area contributed by atoms with Crippen molar-refractivity contribution in [2.45, 2.75) is 6.54 Å². The van der Waals surface area contributed by atoms with Crippen molar-refractivity contribution in [1.29, 1.82) is 0 Å². The van der Waals surface area contributed by atoms with Crippen molar-refractivity contribution in [3.05, 3.63) is 40.3 Å². The van der Waals surface area contributed by atoms with E-state index in [0.29, 0.717) is 12.0 Å². The minimum Gasteiger partial charge on any atom is -0.0964 e. The van der Waals surface area contributed by atoms with Crippen molar-refractivity contribution in [2.75, 3.05) is 0 Å². The third-order valence-electron chi connectivity index (χ3n) is 1.27. The molecule has 4 heteroatoms. The van der Waals surface area contributed by atoms with Gasteiger partial charge < -0.3 is 0 Å². The van der Waals surface area contributed by atoms with Crippen LogP contribution >= 0.6 is 0 Å². The van der Waals surface area contributed by atoms with Gasteiger partial charge in [0.15, 0.2) is 0 Å². The SMILES string of the molecule is [B]c1cccc(CN=[N+]=[N-])c1. The zero-order valence-electron chi connectivity index (χ0n) is 5.94. The number of rotatable bonds is 2. The first-order valence-corrected chi connectivity index (χ1v) is 3.18. The molecule has 0 fully saturated rings. The summed E-state index contributed by atoms with van der Waals surface area (Å²) in [6, 6.07) is 7.27. The van der Waals surface area contributed by atoms with Crippen LogP contribution in [0.2, 0.25) is 0 Å². The largest absolute Gasteiger partial charge is 0.113 e. The van der Waals surface area contributed by atoms with Crippen LogP contribution in [0, 0.1) is 0 Å². The summed E-state index contributed by atoms with van der Waals surface area (Å²) in [5, 5.41) is 3.41. The smallest absolute Gasteiger partial charge is 0.0964 e. The molecule has 0 aromatic heterocycles. The van der Waals surface area contributed by atoms with Crippen molar-refractivity contribution < 1.29 is 0 Å². The molecule has 0 atom stereocenters. The summed E-state index contributed by atoms with van der Waals surface area (Å²) in [5.41, 5.74) is 9.65. The maximum absolute atomic E-state index is 8.02. The molecular formula is C7H6BN3. The van der Waals surface area contributed by atoms with Gasteiger partial charge in [0.1, 0.15) is 7.85 Å². The number of nitrogens with zero attached hydrogens (tertiary/aromatic N) is 3. The van der Waals surface area contributed by atoms with Crippen LogP contribution in [0.3, 0.4) is 0 Å². The Hall–Kier alpha value is -1.41. The molecule has 0 heterocycles. The van der Waals surface area contributed by atoms with Gasteiger partial charge in [-0.3, -0.25) is 0 Å². The molecule has 0 unspecified atom stereocenters. The van der Waals surface area contributed by atoms with E-state index in [1.807, 2.05) is 12.1 Å². The average Bonchev–Trinajstić information content (AvgIpc) is 2.01. The topological polar surface area (TPSA) is 48.8 Å². The summed E-state index contributed by atoms with van der Waals surface area (Å²) in [4.78, 5) is 2.64. The van der Waals surface area contributed by atoms with E-state index in [1.165, 1.54) is 0 Å². The molecule has 0 aliphatic carbocycles. The molecule has 0 saturated heterocycles. The second-order valence-corrected chi connectivity index (χ2v) is 2.13. The molecule has 11 heavy (non-hydrogen) atoms. The summed E-state index contributed by atoms with van der Waals surface area (Å²) >= 11 is 0. The predicted molar refractivity (Wildman–Crippen MR) is 44.7 cm³/mol. The lowest BCUT2D eigenvalue weighted by atomic mass is 9.95.